The van der Waals surface area contributed by atoms with Gasteiger partial charge in [-0.25, -0.2) is 9.13 Å². The fraction of sp³-hybridized carbons (Fsp3) is 0.143. The van der Waals surface area contributed by atoms with Gasteiger partial charge in [-0.3, -0.25) is 4.99 Å². The molecule has 0 atom stereocenters. The monoisotopic (exact) mass is 241 g/mol. The van der Waals surface area contributed by atoms with Crippen molar-refractivity contribution in [3.63, 3.8) is 0 Å². The summed E-state index contributed by atoms with van der Waals surface area (Å²) >= 11 is 0. The third-order valence-corrected chi connectivity index (χ3v) is 2.73. The second-order valence-electron chi connectivity index (χ2n) is 4.06. The van der Waals surface area contributed by atoms with Crippen LogP contribution in [-0.2, 0) is 14.1 Å². The smallest absolute Gasteiger partial charge is 0.292 e. The van der Waals surface area contributed by atoms with Gasteiger partial charge in [0.05, 0.1) is 25.7 Å². The molecule has 0 N–H and O–H groups in total. The summed E-state index contributed by atoms with van der Waals surface area (Å²) in [7, 11) is 3.65. The first kappa shape index (κ1) is 12.1. The molecule has 4 nitrogen and oxygen atoms in total. The van der Waals surface area contributed by atoms with E-state index >= 15 is 0 Å². The summed E-state index contributed by atoms with van der Waals surface area (Å²) in [6.07, 6.45) is 5.40. The van der Waals surface area contributed by atoms with Gasteiger partial charge in [-0.05, 0) is 17.7 Å². The highest BCUT2D eigenvalue weighted by molar-refractivity contribution is 5.87. The molecule has 0 bridgehead atoms. The Morgan fingerprint density at radius 2 is 2.06 bits per heavy atom. The summed E-state index contributed by atoms with van der Waals surface area (Å²) in [5.74, 6) is 0.291. The first-order valence-corrected chi connectivity index (χ1v) is 5.61. The molecule has 0 amide bonds. The zero-order chi connectivity index (χ0) is 13.1. The number of hydrogen-bond acceptors (Lipinski definition) is 2. The minimum absolute atomic E-state index is 0.253. The number of aliphatic imine (C=N–C) groups is 1. The number of aryl methyl sites for hydroxylation is 2. The van der Waals surface area contributed by atoms with Crippen molar-refractivity contribution >= 4 is 17.7 Å². The van der Waals surface area contributed by atoms with E-state index in [1.807, 2.05) is 38.6 Å². The highest BCUT2D eigenvalue weighted by Gasteiger charge is 2.10. The number of rotatable bonds is 3. The van der Waals surface area contributed by atoms with Gasteiger partial charge in [0.25, 0.3) is 5.82 Å². The molecule has 0 unspecified atom stereocenters. The molecule has 2 aromatic rings. The maximum Gasteiger partial charge on any atom is 0.292 e. The first-order chi connectivity index (χ1) is 8.61. The molecule has 18 heavy (non-hydrogen) atoms. The van der Waals surface area contributed by atoms with Crippen molar-refractivity contribution in [2.45, 2.75) is 0 Å². The van der Waals surface area contributed by atoms with Crippen LogP contribution in [0, 0.1) is 0 Å². The molecule has 0 aliphatic carbocycles. The minimum atomic E-state index is -0.253. The number of nitrogens with zero attached hydrogens (tertiary/aromatic N) is 3. The number of benzene rings is 1. The van der Waals surface area contributed by atoms with Gasteiger partial charge in [0.15, 0.2) is 0 Å². The van der Waals surface area contributed by atoms with Crippen LogP contribution in [0.2, 0.25) is 0 Å². The van der Waals surface area contributed by atoms with Gasteiger partial charge in [-0.1, -0.05) is 24.8 Å². The molecular formula is C14H15N3O. The van der Waals surface area contributed by atoms with Gasteiger partial charge in [0, 0.05) is 0 Å². The van der Waals surface area contributed by atoms with Crippen LogP contribution in [0.5, 0.6) is 0 Å². The van der Waals surface area contributed by atoms with E-state index in [1.165, 1.54) is 0 Å². The lowest BCUT2D eigenvalue weighted by Gasteiger charge is -2.07. The Morgan fingerprint density at radius 3 is 2.56 bits per heavy atom. The van der Waals surface area contributed by atoms with Gasteiger partial charge in [0.2, 0.25) is 0 Å². The van der Waals surface area contributed by atoms with Crippen LogP contribution in [0.3, 0.4) is 0 Å². The quantitative estimate of drug-likeness (QED) is 0.448. The van der Waals surface area contributed by atoms with E-state index < -0.39 is 0 Å². The first-order valence-electron chi connectivity index (χ1n) is 5.61. The zero-order valence-corrected chi connectivity index (χ0v) is 10.5. The Kier molecular flexibility index (Phi) is 3.28. The highest BCUT2D eigenvalue weighted by atomic mass is 16.3. The summed E-state index contributed by atoms with van der Waals surface area (Å²) in [5, 5.41) is 12.0. The molecule has 2 rings (SSSR count). The van der Waals surface area contributed by atoms with Crippen LogP contribution >= 0.6 is 0 Å². The topological polar surface area (TPSA) is 44.2 Å². The Morgan fingerprint density at radius 1 is 1.39 bits per heavy atom. The van der Waals surface area contributed by atoms with Crippen LogP contribution in [0.1, 0.15) is 11.4 Å². The van der Waals surface area contributed by atoms with Crippen LogP contribution in [0.15, 0.2) is 48.2 Å². The van der Waals surface area contributed by atoms with E-state index in [0.29, 0.717) is 11.5 Å². The normalized spacial score (nSPS) is 11.6. The summed E-state index contributed by atoms with van der Waals surface area (Å²) in [5.41, 5.74) is 1.65. The van der Waals surface area contributed by atoms with Crippen molar-refractivity contribution < 1.29 is 9.67 Å². The molecule has 0 saturated carbocycles. The number of hydrogen-bond donors (Lipinski definition) is 0. The largest absolute Gasteiger partial charge is 0.853 e. The van der Waals surface area contributed by atoms with Crippen molar-refractivity contribution in [1.82, 2.24) is 4.57 Å². The molecule has 1 aromatic carbocycles. The maximum atomic E-state index is 12.0. The molecule has 0 fully saturated rings. The van der Waals surface area contributed by atoms with E-state index in [-0.39, 0.29) is 5.90 Å². The van der Waals surface area contributed by atoms with E-state index in [9.17, 15) is 5.11 Å². The van der Waals surface area contributed by atoms with Crippen molar-refractivity contribution in [3.8, 4) is 0 Å². The SMILES string of the molecule is C=Cc1ccc(N=C([O-])c2n(C)cc[n+]2C)cc1. The Hall–Kier alpha value is -2.36. The van der Waals surface area contributed by atoms with E-state index in [2.05, 4.69) is 11.6 Å². The van der Waals surface area contributed by atoms with Crippen molar-refractivity contribution in [2.24, 2.45) is 19.1 Å². The fourth-order valence-corrected chi connectivity index (χ4v) is 1.74. The molecule has 0 aliphatic rings. The molecule has 0 spiro atoms. The third-order valence-electron chi connectivity index (χ3n) is 2.73. The number of imidazole rings is 1. The highest BCUT2D eigenvalue weighted by Crippen LogP contribution is 2.14. The van der Waals surface area contributed by atoms with E-state index in [4.69, 9.17) is 0 Å². The average Bonchev–Trinajstić information content (AvgIpc) is 2.70. The molecule has 0 radical (unpaired) electrons. The van der Waals surface area contributed by atoms with Gasteiger partial charge in [-0.15, -0.1) is 0 Å². The summed E-state index contributed by atoms with van der Waals surface area (Å²) in [6.45, 7) is 3.68. The minimum Gasteiger partial charge on any atom is -0.853 e. The van der Waals surface area contributed by atoms with Crippen LogP contribution in [-0.4, -0.2) is 10.5 Å². The summed E-state index contributed by atoms with van der Waals surface area (Å²) in [4.78, 5) is 4.08. The summed E-state index contributed by atoms with van der Waals surface area (Å²) < 4.78 is 3.51. The average molecular weight is 241 g/mol. The Bertz CT molecular complexity index is 575. The maximum absolute atomic E-state index is 12.0. The van der Waals surface area contributed by atoms with E-state index in [0.717, 1.165) is 5.56 Å². The lowest BCUT2D eigenvalue weighted by molar-refractivity contribution is -0.674. The predicted octanol–water partition coefficient (Wildman–Crippen LogP) is 0.931. The van der Waals surface area contributed by atoms with Gasteiger partial charge in [-0.2, -0.15) is 0 Å². The van der Waals surface area contributed by atoms with Crippen LogP contribution in [0.25, 0.3) is 6.08 Å². The van der Waals surface area contributed by atoms with Crippen molar-refractivity contribution in [2.75, 3.05) is 0 Å². The molecule has 1 aromatic heterocycles. The van der Waals surface area contributed by atoms with Gasteiger partial charge in [0.1, 0.15) is 12.4 Å². The molecule has 4 heteroatoms. The standard InChI is InChI=1S/C14H15N3O/c1-4-11-5-7-12(8-6-11)15-13(18)14-16(2)9-10-17(14)3/h4-10H,1H2,2-3H3. The van der Waals surface area contributed by atoms with Crippen LogP contribution < -0.4 is 9.67 Å². The molecule has 92 valence electrons. The number of aromatic nitrogens is 2. The van der Waals surface area contributed by atoms with Gasteiger partial charge >= 0.3 is 0 Å². The molecular weight excluding hydrogens is 226 g/mol. The Balaban J connectivity index is 2.35. The van der Waals surface area contributed by atoms with Crippen molar-refractivity contribution in [1.29, 1.82) is 0 Å². The zero-order valence-electron chi connectivity index (χ0n) is 10.5. The predicted molar refractivity (Wildman–Crippen MR) is 69.3 cm³/mol. The van der Waals surface area contributed by atoms with E-state index in [1.54, 1.807) is 27.3 Å². The fourth-order valence-electron chi connectivity index (χ4n) is 1.74. The lowest BCUT2D eigenvalue weighted by atomic mass is 10.2. The second kappa shape index (κ2) is 4.87. The Labute approximate surface area is 106 Å². The van der Waals surface area contributed by atoms with Crippen LogP contribution in [0.4, 0.5) is 5.69 Å². The lowest BCUT2D eigenvalue weighted by Crippen LogP contribution is -2.39. The van der Waals surface area contributed by atoms with Gasteiger partial charge < -0.3 is 5.11 Å². The molecule has 0 aliphatic heterocycles. The molecule has 1 heterocycles. The third kappa shape index (κ3) is 2.32. The molecule has 0 saturated heterocycles. The second-order valence-corrected chi connectivity index (χ2v) is 4.06. The summed E-state index contributed by atoms with van der Waals surface area (Å²) in [6, 6.07) is 7.36. The van der Waals surface area contributed by atoms with Crippen molar-refractivity contribution in [3.05, 3.63) is 54.6 Å².